The van der Waals surface area contributed by atoms with Gasteiger partial charge in [-0.15, -0.1) is 0 Å². The maximum absolute atomic E-state index is 13.2. The molecular weight excluding hydrogens is 392 g/mol. The van der Waals surface area contributed by atoms with Crippen molar-refractivity contribution in [1.29, 1.82) is 0 Å². The molecule has 1 aliphatic rings. The largest absolute Gasteiger partial charge is 0.374 e. The molecule has 3 rings (SSSR count). The van der Waals surface area contributed by atoms with Crippen LogP contribution in [-0.2, 0) is 20.9 Å². The number of piperazine rings is 1. The molecule has 1 heterocycles. The molecule has 0 unspecified atom stereocenters. The van der Waals surface area contributed by atoms with E-state index in [9.17, 15) is 9.59 Å². The molecule has 3 N–H and O–H groups in total. The summed E-state index contributed by atoms with van der Waals surface area (Å²) in [5, 5.41) is 2.79. The fraction of sp³-hybridized carbons (Fsp3) is 0.417. The van der Waals surface area contributed by atoms with Gasteiger partial charge in [-0.05, 0) is 31.5 Å². The second-order valence-electron chi connectivity index (χ2n) is 8.40. The molecule has 7 nitrogen and oxygen atoms in total. The zero-order valence-corrected chi connectivity index (χ0v) is 18.3. The van der Waals surface area contributed by atoms with Crippen molar-refractivity contribution in [1.82, 2.24) is 10.2 Å². The summed E-state index contributed by atoms with van der Waals surface area (Å²) in [6.45, 7) is 6.35. The molecule has 0 spiro atoms. The molecule has 1 saturated heterocycles. The van der Waals surface area contributed by atoms with Crippen molar-refractivity contribution in [3.05, 3.63) is 66.2 Å². The van der Waals surface area contributed by atoms with Gasteiger partial charge in [-0.1, -0.05) is 48.5 Å². The highest BCUT2D eigenvalue weighted by Crippen LogP contribution is 2.16. The molecule has 1 aliphatic heterocycles. The summed E-state index contributed by atoms with van der Waals surface area (Å²) >= 11 is 0. The highest BCUT2D eigenvalue weighted by molar-refractivity contribution is 5.91. The van der Waals surface area contributed by atoms with Crippen LogP contribution >= 0.6 is 0 Å². The van der Waals surface area contributed by atoms with Crippen LogP contribution in [0.15, 0.2) is 60.7 Å². The van der Waals surface area contributed by atoms with E-state index in [0.717, 1.165) is 24.3 Å². The van der Waals surface area contributed by atoms with Crippen LogP contribution in [0.3, 0.4) is 0 Å². The fourth-order valence-corrected chi connectivity index (χ4v) is 3.43. The summed E-state index contributed by atoms with van der Waals surface area (Å²) in [6.07, 6.45) is 0. The van der Waals surface area contributed by atoms with E-state index in [1.165, 1.54) is 0 Å². The Bertz CT molecular complexity index is 844. The zero-order valence-electron chi connectivity index (χ0n) is 18.3. The van der Waals surface area contributed by atoms with E-state index in [0.29, 0.717) is 19.7 Å². The van der Waals surface area contributed by atoms with Gasteiger partial charge in [0.1, 0.15) is 6.04 Å². The monoisotopic (exact) mass is 424 g/mol. The van der Waals surface area contributed by atoms with Crippen molar-refractivity contribution in [3.8, 4) is 0 Å². The zero-order chi connectivity index (χ0) is 22.3. The van der Waals surface area contributed by atoms with E-state index in [2.05, 4.69) is 22.3 Å². The number of carbonyl (C=O) groups is 2. The van der Waals surface area contributed by atoms with E-state index < -0.39 is 11.6 Å². The van der Waals surface area contributed by atoms with E-state index in [1.54, 1.807) is 18.7 Å². The van der Waals surface area contributed by atoms with Crippen molar-refractivity contribution >= 4 is 17.5 Å². The Kier molecular flexibility index (Phi) is 7.65. The first-order valence-corrected chi connectivity index (χ1v) is 10.6. The first kappa shape index (κ1) is 22.8. The standard InChI is InChI=1S/C24H32N4O3/c1-24(2,25)23(30)26-21(18-31-17-19-9-5-3-6-10-19)22(29)28-15-13-27(14-16-28)20-11-7-4-8-12-20/h3-12,21H,13-18,25H2,1-2H3,(H,26,30)/t21-/m1/s1. The lowest BCUT2D eigenvalue weighted by Gasteiger charge is -2.38. The van der Waals surface area contributed by atoms with E-state index >= 15 is 0 Å². The third kappa shape index (κ3) is 6.54. The van der Waals surface area contributed by atoms with Crippen LogP contribution < -0.4 is 16.0 Å². The number of nitrogens with zero attached hydrogens (tertiary/aromatic N) is 2. The first-order valence-electron chi connectivity index (χ1n) is 10.6. The summed E-state index contributed by atoms with van der Waals surface area (Å²) in [5.41, 5.74) is 7.00. The normalized spacial score (nSPS) is 15.5. The molecule has 0 radical (unpaired) electrons. The van der Waals surface area contributed by atoms with E-state index in [-0.39, 0.29) is 18.4 Å². The minimum Gasteiger partial charge on any atom is -0.374 e. The second-order valence-corrected chi connectivity index (χ2v) is 8.40. The van der Waals surface area contributed by atoms with Gasteiger partial charge in [-0.25, -0.2) is 0 Å². The molecule has 0 aromatic heterocycles. The average Bonchev–Trinajstić information content (AvgIpc) is 2.78. The molecular formula is C24H32N4O3. The van der Waals surface area contributed by atoms with Crippen molar-refractivity contribution in [2.45, 2.75) is 32.0 Å². The number of nitrogens with one attached hydrogen (secondary N) is 1. The number of hydrogen-bond acceptors (Lipinski definition) is 5. The van der Waals surface area contributed by atoms with Gasteiger partial charge in [-0.3, -0.25) is 9.59 Å². The second kappa shape index (κ2) is 10.4. The van der Waals surface area contributed by atoms with Gasteiger partial charge in [-0.2, -0.15) is 0 Å². The van der Waals surface area contributed by atoms with Gasteiger partial charge >= 0.3 is 0 Å². The quantitative estimate of drug-likeness (QED) is 0.674. The Balaban J connectivity index is 1.60. The topological polar surface area (TPSA) is 87.9 Å². The minimum atomic E-state index is -1.08. The lowest BCUT2D eigenvalue weighted by Crippen LogP contribution is -2.60. The van der Waals surface area contributed by atoms with Crippen LogP contribution in [0, 0.1) is 0 Å². The molecule has 166 valence electrons. The smallest absolute Gasteiger partial charge is 0.247 e. The molecule has 0 bridgehead atoms. The summed E-state index contributed by atoms with van der Waals surface area (Å²) in [6, 6.07) is 19.1. The summed E-state index contributed by atoms with van der Waals surface area (Å²) < 4.78 is 5.78. The van der Waals surface area contributed by atoms with Gasteiger partial charge < -0.3 is 25.6 Å². The molecule has 0 aliphatic carbocycles. The van der Waals surface area contributed by atoms with E-state index in [1.807, 2.05) is 48.5 Å². The number of para-hydroxylation sites is 1. The maximum atomic E-state index is 13.2. The highest BCUT2D eigenvalue weighted by atomic mass is 16.5. The van der Waals surface area contributed by atoms with Gasteiger partial charge in [0.15, 0.2) is 0 Å². The summed E-state index contributed by atoms with van der Waals surface area (Å²) in [5.74, 6) is -0.518. The Hall–Kier alpha value is -2.90. The number of benzene rings is 2. The molecule has 2 aromatic carbocycles. The Morgan fingerprint density at radius 1 is 1.00 bits per heavy atom. The van der Waals surface area contributed by atoms with Crippen LogP contribution in [0.25, 0.3) is 0 Å². The Labute approximate surface area is 184 Å². The number of hydrogen-bond donors (Lipinski definition) is 2. The molecule has 1 fully saturated rings. The summed E-state index contributed by atoms with van der Waals surface area (Å²) in [4.78, 5) is 29.7. The lowest BCUT2D eigenvalue weighted by molar-refractivity contribution is -0.139. The first-order chi connectivity index (χ1) is 14.8. The van der Waals surface area contributed by atoms with Gasteiger partial charge in [0.05, 0.1) is 18.8 Å². The average molecular weight is 425 g/mol. The van der Waals surface area contributed by atoms with Gasteiger partial charge in [0.2, 0.25) is 11.8 Å². The fourth-order valence-electron chi connectivity index (χ4n) is 3.43. The number of ether oxygens (including phenoxy) is 1. The van der Waals surface area contributed by atoms with Crippen molar-refractivity contribution in [2.75, 3.05) is 37.7 Å². The molecule has 2 aromatic rings. The molecule has 31 heavy (non-hydrogen) atoms. The summed E-state index contributed by atoms with van der Waals surface area (Å²) in [7, 11) is 0. The van der Waals surface area contributed by atoms with E-state index in [4.69, 9.17) is 10.5 Å². The number of amides is 2. The number of rotatable bonds is 8. The molecule has 1 atom stereocenters. The van der Waals surface area contributed by atoms with Crippen LogP contribution in [0.2, 0.25) is 0 Å². The van der Waals surface area contributed by atoms with Crippen LogP contribution in [-0.4, -0.2) is 61.1 Å². The predicted molar refractivity (Wildman–Crippen MR) is 122 cm³/mol. The van der Waals surface area contributed by atoms with Crippen LogP contribution in [0.5, 0.6) is 0 Å². The predicted octanol–water partition coefficient (Wildman–Crippen LogP) is 1.77. The molecule has 7 heteroatoms. The molecule has 0 saturated carbocycles. The highest BCUT2D eigenvalue weighted by Gasteiger charge is 2.32. The van der Waals surface area contributed by atoms with Crippen LogP contribution in [0.1, 0.15) is 19.4 Å². The number of nitrogens with two attached hydrogens (primary N) is 1. The number of carbonyl (C=O) groups excluding carboxylic acids is 2. The minimum absolute atomic E-state index is 0.0917. The number of anilines is 1. The molecule has 2 amide bonds. The van der Waals surface area contributed by atoms with Gasteiger partial charge in [0.25, 0.3) is 0 Å². The van der Waals surface area contributed by atoms with Crippen molar-refractivity contribution in [3.63, 3.8) is 0 Å². The van der Waals surface area contributed by atoms with Crippen molar-refractivity contribution < 1.29 is 14.3 Å². The van der Waals surface area contributed by atoms with Crippen molar-refractivity contribution in [2.24, 2.45) is 5.73 Å². The lowest BCUT2D eigenvalue weighted by atomic mass is 10.1. The van der Waals surface area contributed by atoms with Crippen LogP contribution in [0.4, 0.5) is 5.69 Å². The third-order valence-corrected chi connectivity index (χ3v) is 5.30. The Morgan fingerprint density at radius 3 is 2.16 bits per heavy atom. The SMILES string of the molecule is CC(C)(N)C(=O)N[C@H](COCc1ccccc1)C(=O)N1CCN(c2ccccc2)CC1. The Morgan fingerprint density at radius 2 is 1.58 bits per heavy atom. The third-order valence-electron chi connectivity index (χ3n) is 5.30. The maximum Gasteiger partial charge on any atom is 0.247 e. The van der Waals surface area contributed by atoms with Gasteiger partial charge in [0, 0.05) is 31.9 Å².